The van der Waals surface area contributed by atoms with Gasteiger partial charge < -0.3 is 15.2 Å². The van der Waals surface area contributed by atoms with Crippen LogP contribution in [-0.4, -0.2) is 29.6 Å². The van der Waals surface area contributed by atoms with E-state index in [1.165, 1.54) is 24.3 Å². The Morgan fingerprint density at radius 2 is 1.56 bits per heavy atom. The predicted octanol–water partition coefficient (Wildman–Crippen LogP) is 5.03. The zero-order valence-electron chi connectivity index (χ0n) is 18.4. The van der Waals surface area contributed by atoms with E-state index in [-0.39, 0.29) is 12.0 Å². The highest BCUT2D eigenvalue weighted by atomic mass is 19.1. The van der Waals surface area contributed by atoms with Gasteiger partial charge >= 0.3 is 5.97 Å². The van der Waals surface area contributed by atoms with E-state index in [0.717, 1.165) is 16.3 Å². The third kappa shape index (κ3) is 5.59. The Kier molecular flexibility index (Phi) is 7.18. The molecule has 2 N–H and O–H groups in total. The second-order valence-corrected chi connectivity index (χ2v) is 7.94. The Bertz CT molecular complexity index is 1290. The summed E-state index contributed by atoms with van der Waals surface area (Å²) in [5.41, 5.74) is 1.98. The molecule has 0 fully saturated rings. The summed E-state index contributed by atoms with van der Waals surface area (Å²) in [5, 5.41) is 14.0. The zero-order valence-corrected chi connectivity index (χ0v) is 18.4. The van der Waals surface area contributed by atoms with E-state index in [2.05, 4.69) is 5.32 Å². The maximum absolute atomic E-state index is 13.2. The summed E-state index contributed by atoms with van der Waals surface area (Å²) in [6.07, 6.45) is 0.687. The van der Waals surface area contributed by atoms with Gasteiger partial charge in [0.1, 0.15) is 17.6 Å². The van der Waals surface area contributed by atoms with Crippen molar-refractivity contribution in [3.05, 3.63) is 114 Å². The van der Waals surface area contributed by atoms with Gasteiger partial charge in [-0.05, 0) is 34.7 Å². The Labute approximate surface area is 196 Å². The van der Waals surface area contributed by atoms with E-state index >= 15 is 0 Å². The number of ether oxygens (including phenoxy) is 1. The molecule has 0 aliphatic carbocycles. The van der Waals surface area contributed by atoms with Crippen molar-refractivity contribution in [2.75, 3.05) is 6.61 Å². The average Bonchev–Trinajstić information content (AvgIpc) is 2.85. The van der Waals surface area contributed by atoms with Crippen molar-refractivity contribution in [3.63, 3.8) is 0 Å². The number of halogens is 1. The van der Waals surface area contributed by atoms with Gasteiger partial charge in [-0.1, -0.05) is 72.8 Å². The largest absolute Gasteiger partial charge is 0.492 e. The van der Waals surface area contributed by atoms with Crippen LogP contribution in [-0.2, 0) is 17.6 Å². The van der Waals surface area contributed by atoms with Gasteiger partial charge in [0.2, 0.25) is 0 Å². The molecule has 0 radical (unpaired) electrons. The van der Waals surface area contributed by atoms with E-state index in [1.807, 2.05) is 60.7 Å². The molecule has 1 unspecified atom stereocenters. The molecule has 1 amide bonds. The minimum Gasteiger partial charge on any atom is -0.492 e. The molecule has 0 saturated carbocycles. The van der Waals surface area contributed by atoms with Crippen molar-refractivity contribution >= 4 is 22.6 Å². The Morgan fingerprint density at radius 1 is 0.853 bits per heavy atom. The fourth-order valence-electron chi connectivity index (χ4n) is 3.79. The highest BCUT2D eigenvalue weighted by Crippen LogP contribution is 2.30. The zero-order chi connectivity index (χ0) is 23.9. The minimum atomic E-state index is -1.18. The summed E-state index contributed by atoms with van der Waals surface area (Å²) >= 11 is 0. The highest BCUT2D eigenvalue weighted by molar-refractivity contribution is 6.04. The number of benzene rings is 4. The Balaban J connectivity index is 1.57. The fraction of sp³-hybridized carbons (Fsp3) is 0.143. The molecule has 0 bridgehead atoms. The number of rotatable bonds is 9. The summed E-state index contributed by atoms with van der Waals surface area (Å²) < 4.78 is 19.3. The molecule has 172 valence electrons. The van der Waals surface area contributed by atoms with Gasteiger partial charge in [0, 0.05) is 18.2 Å². The number of hydrogen-bond acceptors (Lipinski definition) is 3. The van der Waals surface area contributed by atoms with Crippen LogP contribution in [0, 0.1) is 5.82 Å². The van der Waals surface area contributed by atoms with Crippen LogP contribution in [0.2, 0.25) is 0 Å². The van der Waals surface area contributed by atoms with E-state index < -0.39 is 23.7 Å². The quantitative estimate of drug-likeness (QED) is 0.370. The standard InChI is InChI=1S/C28H24FNO4/c29-22-13-10-20(11-14-22)18-25(28(32)33)30-27(31)24-15-12-21-8-4-5-9-23(21)26(24)34-17-16-19-6-2-1-3-7-19/h1-15,25H,16-18H2,(H,30,31)(H,32,33). The molecular weight excluding hydrogens is 433 g/mol. The van der Waals surface area contributed by atoms with Crippen molar-refractivity contribution in [3.8, 4) is 5.75 Å². The van der Waals surface area contributed by atoms with E-state index in [0.29, 0.717) is 24.3 Å². The number of aliphatic carboxylic acids is 1. The van der Waals surface area contributed by atoms with Gasteiger partial charge in [0.25, 0.3) is 5.91 Å². The Hall–Kier alpha value is -4.19. The first-order valence-electron chi connectivity index (χ1n) is 11.0. The fourth-order valence-corrected chi connectivity index (χ4v) is 3.79. The summed E-state index contributed by atoms with van der Waals surface area (Å²) in [7, 11) is 0. The topological polar surface area (TPSA) is 75.6 Å². The number of amides is 1. The van der Waals surface area contributed by atoms with Crippen LogP contribution in [0.3, 0.4) is 0 Å². The molecule has 0 spiro atoms. The van der Waals surface area contributed by atoms with Crippen LogP contribution in [0.4, 0.5) is 4.39 Å². The molecule has 6 heteroatoms. The van der Waals surface area contributed by atoms with Crippen LogP contribution in [0.15, 0.2) is 91.0 Å². The van der Waals surface area contributed by atoms with E-state index in [1.54, 1.807) is 6.07 Å². The molecule has 0 aromatic heterocycles. The van der Waals surface area contributed by atoms with Crippen molar-refractivity contribution in [2.45, 2.75) is 18.9 Å². The van der Waals surface area contributed by atoms with Crippen molar-refractivity contribution in [1.82, 2.24) is 5.32 Å². The summed E-state index contributed by atoms with van der Waals surface area (Å²) in [4.78, 5) is 25.0. The molecule has 0 saturated heterocycles. The normalized spacial score (nSPS) is 11.7. The average molecular weight is 458 g/mol. The van der Waals surface area contributed by atoms with Gasteiger partial charge in [-0.25, -0.2) is 9.18 Å². The number of carbonyl (C=O) groups excluding carboxylic acids is 1. The van der Waals surface area contributed by atoms with Crippen LogP contribution in [0.1, 0.15) is 21.5 Å². The van der Waals surface area contributed by atoms with Gasteiger partial charge in [-0.2, -0.15) is 0 Å². The molecule has 1 atom stereocenters. The van der Waals surface area contributed by atoms with E-state index in [9.17, 15) is 19.1 Å². The summed E-state index contributed by atoms with van der Waals surface area (Å²) in [6, 6.07) is 25.3. The smallest absolute Gasteiger partial charge is 0.326 e. The highest BCUT2D eigenvalue weighted by Gasteiger charge is 2.24. The number of nitrogens with one attached hydrogen (secondary N) is 1. The lowest BCUT2D eigenvalue weighted by Crippen LogP contribution is -2.42. The monoisotopic (exact) mass is 457 g/mol. The Morgan fingerprint density at radius 3 is 2.29 bits per heavy atom. The number of hydrogen-bond donors (Lipinski definition) is 2. The van der Waals surface area contributed by atoms with Crippen LogP contribution in [0.25, 0.3) is 10.8 Å². The number of carboxylic acids is 1. The maximum Gasteiger partial charge on any atom is 0.326 e. The molecule has 4 rings (SSSR count). The third-order valence-corrected chi connectivity index (χ3v) is 5.56. The first kappa shape index (κ1) is 23.0. The van der Waals surface area contributed by atoms with E-state index in [4.69, 9.17) is 4.74 Å². The molecule has 0 aliphatic rings. The predicted molar refractivity (Wildman–Crippen MR) is 129 cm³/mol. The number of carbonyl (C=O) groups is 2. The molecule has 0 aliphatic heterocycles. The van der Waals surface area contributed by atoms with Crippen LogP contribution < -0.4 is 10.1 Å². The molecule has 0 heterocycles. The van der Waals surface area contributed by atoms with Crippen molar-refractivity contribution in [2.24, 2.45) is 0 Å². The van der Waals surface area contributed by atoms with Gasteiger partial charge in [-0.15, -0.1) is 0 Å². The van der Waals surface area contributed by atoms with Crippen LogP contribution >= 0.6 is 0 Å². The lowest BCUT2D eigenvalue weighted by Gasteiger charge is -2.18. The molecule has 34 heavy (non-hydrogen) atoms. The van der Waals surface area contributed by atoms with Crippen LogP contribution in [0.5, 0.6) is 5.75 Å². The lowest BCUT2D eigenvalue weighted by atomic mass is 10.0. The number of carboxylic acid groups (broad SMARTS) is 1. The van der Waals surface area contributed by atoms with Gasteiger partial charge in [0.15, 0.2) is 0 Å². The molecule has 5 nitrogen and oxygen atoms in total. The van der Waals surface area contributed by atoms with Crippen molar-refractivity contribution < 1.29 is 23.8 Å². The second kappa shape index (κ2) is 10.6. The SMILES string of the molecule is O=C(NC(Cc1ccc(F)cc1)C(=O)O)c1ccc2ccccc2c1OCCc1ccccc1. The maximum atomic E-state index is 13.2. The molecule has 4 aromatic carbocycles. The first-order chi connectivity index (χ1) is 16.5. The minimum absolute atomic E-state index is 0.0269. The molecular formula is C28H24FNO4. The van der Waals surface area contributed by atoms with Gasteiger partial charge in [-0.3, -0.25) is 4.79 Å². The van der Waals surface area contributed by atoms with Gasteiger partial charge in [0.05, 0.1) is 12.2 Å². The molecule has 4 aromatic rings. The number of fused-ring (bicyclic) bond motifs is 1. The van der Waals surface area contributed by atoms with Crippen molar-refractivity contribution in [1.29, 1.82) is 0 Å². The summed E-state index contributed by atoms with van der Waals surface area (Å²) in [5.74, 6) is -1.72. The second-order valence-electron chi connectivity index (χ2n) is 7.94. The third-order valence-electron chi connectivity index (χ3n) is 5.56. The summed E-state index contributed by atoms with van der Waals surface area (Å²) in [6.45, 7) is 0.357. The first-order valence-corrected chi connectivity index (χ1v) is 11.0. The lowest BCUT2D eigenvalue weighted by molar-refractivity contribution is -0.139.